The molecule has 0 aromatic carbocycles. The number of hydrogen-bond acceptors (Lipinski definition) is 4. The third kappa shape index (κ3) is 3.86. The highest BCUT2D eigenvalue weighted by molar-refractivity contribution is 5.21. The third-order valence-corrected chi connectivity index (χ3v) is 5.92. The van der Waals surface area contributed by atoms with Gasteiger partial charge in [0.05, 0.1) is 18.0 Å². The van der Waals surface area contributed by atoms with Gasteiger partial charge in [0.1, 0.15) is 0 Å². The molecule has 2 aromatic heterocycles. The summed E-state index contributed by atoms with van der Waals surface area (Å²) >= 11 is 0. The molecule has 26 heavy (non-hydrogen) atoms. The van der Waals surface area contributed by atoms with Crippen molar-refractivity contribution in [3.05, 3.63) is 35.4 Å². The fraction of sp³-hybridized carbons (Fsp3) is 0.700. The molecule has 0 bridgehead atoms. The third-order valence-electron chi connectivity index (χ3n) is 5.92. The average Bonchev–Trinajstić information content (AvgIpc) is 3.36. The molecule has 0 unspecified atom stereocenters. The van der Waals surface area contributed by atoms with Crippen molar-refractivity contribution in [3.8, 4) is 0 Å². The summed E-state index contributed by atoms with van der Waals surface area (Å²) < 4.78 is 9.82. The minimum absolute atomic E-state index is 0.169. The van der Waals surface area contributed by atoms with Crippen LogP contribution in [0.4, 0.5) is 0 Å². The van der Waals surface area contributed by atoms with E-state index in [0.717, 1.165) is 26.1 Å². The summed E-state index contributed by atoms with van der Waals surface area (Å²) in [7, 11) is 4.00. The van der Waals surface area contributed by atoms with Crippen LogP contribution in [0, 0.1) is 5.92 Å². The molecule has 0 radical (unpaired) electrons. The maximum Gasteiger partial charge on any atom is 0.0896 e. The zero-order valence-electron chi connectivity index (χ0n) is 16.0. The molecule has 2 aliphatic rings. The minimum atomic E-state index is 0.169. The maximum atomic E-state index is 5.98. The molecule has 142 valence electrons. The van der Waals surface area contributed by atoms with Crippen LogP contribution >= 0.6 is 0 Å². The van der Waals surface area contributed by atoms with Gasteiger partial charge in [0.15, 0.2) is 0 Å². The second-order valence-electron chi connectivity index (χ2n) is 7.97. The van der Waals surface area contributed by atoms with E-state index in [1.54, 1.807) is 0 Å². The lowest BCUT2D eigenvalue weighted by molar-refractivity contribution is 0.0904. The highest BCUT2D eigenvalue weighted by Gasteiger charge is 2.30. The second kappa shape index (κ2) is 7.92. The van der Waals surface area contributed by atoms with E-state index in [0.29, 0.717) is 11.8 Å². The van der Waals surface area contributed by atoms with Gasteiger partial charge in [-0.1, -0.05) is 19.3 Å². The number of hydrogen-bond donors (Lipinski definition) is 1. The first kappa shape index (κ1) is 17.7. The maximum absolute atomic E-state index is 5.98. The van der Waals surface area contributed by atoms with Crippen molar-refractivity contribution in [3.63, 3.8) is 0 Å². The summed E-state index contributed by atoms with van der Waals surface area (Å²) in [5, 5.41) is 12.8. The fourth-order valence-electron chi connectivity index (χ4n) is 4.60. The molecule has 2 fully saturated rings. The van der Waals surface area contributed by atoms with E-state index in [2.05, 4.69) is 22.8 Å². The van der Waals surface area contributed by atoms with E-state index in [1.165, 1.54) is 48.9 Å². The van der Waals surface area contributed by atoms with E-state index in [9.17, 15) is 0 Å². The molecule has 0 spiro atoms. The number of nitrogens with zero attached hydrogens (tertiary/aromatic N) is 4. The van der Waals surface area contributed by atoms with Crippen LogP contribution in [0.1, 0.15) is 67.4 Å². The van der Waals surface area contributed by atoms with E-state index < -0.39 is 0 Å². The summed E-state index contributed by atoms with van der Waals surface area (Å²) in [5.41, 5.74) is 3.89. The van der Waals surface area contributed by atoms with Crippen molar-refractivity contribution < 1.29 is 4.74 Å². The zero-order valence-corrected chi connectivity index (χ0v) is 16.0. The first-order valence-corrected chi connectivity index (χ1v) is 10.0. The van der Waals surface area contributed by atoms with Crippen LogP contribution in [0.5, 0.6) is 0 Å². The molecule has 1 saturated heterocycles. The zero-order chi connectivity index (χ0) is 17.9. The average molecular weight is 358 g/mol. The fourth-order valence-corrected chi connectivity index (χ4v) is 4.60. The molecular weight excluding hydrogens is 326 g/mol. The standard InChI is InChI=1S/C20H31N5O/c1-24-14-18(12-22-24)20-16(8-9-26-20)10-21-11-17-13-25(2)23-19(17)15-6-4-3-5-7-15/h12-16,20-21H,3-11H2,1-2H3/t16-,20+/m0/s1. The van der Waals surface area contributed by atoms with Crippen LogP contribution < -0.4 is 5.32 Å². The monoisotopic (exact) mass is 357 g/mol. The molecule has 4 rings (SSSR count). The van der Waals surface area contributed by atoms with Crippen molar-refractivity contribution in [1.29, 1.82) is 0 Å². The molecule has 1 saturated carbocycles. The van der Waals surface area contributed by atoms with Gasteiger partial charge in [0.2, 0.25) is 0 Å². The summed E-state index contributed by atoms with van der Waals surface area (Å²) in [6.45, 7) is 2.71. The predicted molar refractivity (Wildman–Crippen MR) is 101 cm³/mol. The number of ether oxygens (including phenoxy) is 1. The van der Waals surface area contributed by atoms with Gasteiger partial charge in [0.25, 0.3) is 0 Å². The van der Waals surface area contributed by atoms with Crippen molar-refractivity contribution in [2.75, 3.05) is 13.2 Å². The molecule has 1 aliphatic carbocycles. The highest BCUT2D eigenvalue weighted by atomic mass is 16.5. The lowest BCUT2D eigenvalue weighted by atomic mass is 9.85. The van der Waals surface area contributed by atoms with Gasteiger partial charge in [-0.15, -0.1) is 0 Å². The Morgan fingerprint density at radius 2 is 1.96 bits per heavy atom. The predicted octanol–water partition coefficient (Wildman–Crippen LogP) is 3.07. The van der Waals surface area contributed by atoms with Gasteiger partial charge in [-0.25, -0.2) is 0 Å². The number of aromatic nitrogens is 4. The van der Waals surface area contributed by atoms with E-state index in [4.69, 9.17) is 9.84 Å². The Morgan fingerprint density at radius 1 is 1.12 bits per heavy atom. The van der Waals surface area contributed by atoms with Gasteiger partial charge in [-0.3, -0.25) is 9.36 Å². The van der Waals surface area contributed by atoms with Gasteiger partial charge >= 0.3 is 0 Å². The van der Waals surface area contributed by atoms with Gasteiger partial charge in [0, 0.05) is 69.1 Å². The summed E-state index contributed by atoms with van der Waals surface area (Å²) in [6.07, 6.45) is 14.1. The number of rotatable bonds is 6. The topological polar surface area (TPSA) is 56.9 Å². The largest absolute Gasteiger partial charge is 0.373 e. The van der Waals surface area contributed by atoms with Crippen LogP contribution in [0.15, 0.2) is 18.6 Å². The first-order valence-electron chi connectivity index (χ1n) is 10.0. The summed E-state index contributed by atoms with van der Waals surface area (Å²) in [6, 6.07) is 0. The Bertz CT molecular complexity index is 716. The Balaban J connectivity index is 1.36. The minimum Gasteiger partial charge on any atom is -0.373 e. The van der Waals surface area contributed by atoms with Gasteiger partial charge in [-0.2, -0.15) is 10.2 Å². The molecule has 2 atom stereocenters. The van der Waals surface area contributed by atoms with Gasteiger partial charge in [-0.05, 0) is 19.3 Å². The molecule has 6 nitrogen and oxygen atoms in total. The summed E-state index contributed by atoms with van der Waals surface area (Å²) in [4.78, 5) is 0. The van der Waals surface area contributed by atoms with Gasteiger partial charge < -0.3 is 10.1 Å². The van der Waals surface area contributed by atoms with Crippen molar-refractivity contribution in [1.82, 2.24) is 24.9 Å². The van der Waals surface area contributed by atoms with E-state index in [1.807, 2.05) is 29.7 Å². The number of nitrogens with one attached hydrogen (secondary N) is 1. The molecular formula is C20H31N5O. The highest BCUT2D eigenvalue weighted by Crippen LogP contribution is 2.35. The normalized spacial score (nSPS) is 24.4. The molecule has 0 amide bonds. The molecule has 6 heteroatoms. The molecule has 3 heterocycles. The molecule has 1 aliphatic heterocycles. The Kier molecular flexibility index (Phi) is 5.41. The quantitative estimate of drug-likeness (QED) is 0.863. The second-order valence-corrected chi connectivity index (χ2v) is 7.97. The Hall–Kier alpha value is -1.66. The lowest BCUT2D eigenvalue weighted by Crippen LogP contribution is -2.25. The van der Waals surface area contributed by atoms with Crippen molar-refractivity contribution in [2.45, 2.75) is 57.1 Å². The van der Waals surface area contributed by atoms with Crippen LogP contribution in [0.2, 0.25) is 0 Å². The van der Waals surface area contributed by atoms with E-state index in [-0.39, 0.29) is 6.10 Å². The smallest absolute Gasteiger partial charge is 0.0896 e. The lowest BCUT2D eigenvalue weighted by Gasteiger charge is -2.21. The van der Waals surface area contributed by atoms with E-state index >= 15 is 0 Å². The number of aryl methyl sites for hydroxylation is 2. The first-order chi connectivity index (χ1) is 12.7. The van der Waals surface area contributed by atoms with Crippen molar-refractivity contribution >= 4 is 0 Å². The van der Waals surface area contributed by atoms with Crippen molar-refractivity contribution in [2.24, 2.45) is 20.0 Å². The van der Waals surface area contributed by atoms with Crippen LogP contribution in [0.25, 0.3) is 0 Å². The molecule has 2 aromatic rings. The SMILES string of the molecule is Cn1cc([C@@H]2OCC[C@H]2CNCc2cn(C)nc2C2CCCCC2)cn1. The molecule has 1 N–H and O–H groups in total. The Labute approximate surface area is 155 Å². The Morgan fingerprint density at radius 3 is 2.73 bits per heavy atom. The van der Waals surface area contributed by atoms with Crippen LogP contribution in [0.3, 0.4) is 0 Å². The van der Waals surface area contributed by atoms with Crippen LogP contribution in [-0.2, 0) is 25.4 Å². The van der Waals surface area contributed by atoms with Crippen LogP contribution in [-0.4, -0.2) is 32.7 Å². The summed E-state index contributed by atoms with van der Waals surface area (Å²) in [5.74, 6) is 1.16.